The lowest BCUT2D eigenvalue weighted by molar-refractivity contribution is -0.132. The van der Waals surface area contributed by atoms with Crippen LogP contribution in [0.2, 0.25) is 0 Å². The van der Waals surface area contributed by atoms with Gasteiger partial charge in [0.2, 0.25) is 0 Å². The van der Waals surface area contributed by atoms with Gasteiger partial charge >= 0.3 is 5.97 Å². The van der Waals surface area contributed by atoms with E-state index in [0.29, 0.717) is 12.0 Å². The van der Waals surface area contributed by atoms with Gasteiger partial charge < -0.3 is 5.11 Å². The monoisotopic (exact) mass is 128 g/mol. The Labute approximate surface area is 55.2 Å². The minimum Gasteiger partial charge on any atom is -0.478 e. The Morgan fingerprint density at radius 1 is 1.56 bits per heavy atom. The van der Waals surface area contributed by atoms with E-state index in [4.69, 9.17) is 5.11 Å². The zero-order valence-electron chi connectivity index (χ0n) is 5.85. The molecule has 2 heteroatoms. The van der Waals surface area contributed by atoms with E-state index in [1.54, 1.807) is 6.08 Å². The van der Waals surface area contributed by atoms with E-state index in [9.17, 15) is 4.79 Å². The van der Waals surface area contributed by atoms with Crippen molar-refractivity contribution in [1.29, 1.82) is 0 Å². The molecule has 0 aromatic rings. The zero-order chi connectivity index (χ0) is 7.28. The van der Waals surface area contributed by atoms with E-state index >= 15 is 0 Å². The van der Waals surface area contributed by atoms with Crippen molar-refractivity contribution in [1.82, 2.24) is 0 Å². The molecule has 0 saturated heterocycles. The van der Waals surface area contributed by atoms with Crippen LogP contribution in [0.4, 0.5) is 0 Å². The van der Waals surface area contributed by atoms with Crippen LogP contribution in [0.5, 0.6) is 0 Å². The van der Waals surface area contributed by atoms with Gasteiger partial charge in [0.15, 0.2) is 0 Å². The SMILES string of the molecule is CCC=C(CC)C(=O)O. The summed E-state index contributed by atoms with van der Waals surface area (Å²) in [4.78, 5) is 10.3. The van der Waals surface area contributed by atoms with Crippen molar-refractivity contribution < 1.29 is 9.90 Å². The molecule has 0 heterocycles. The number of carbonyl (C=O) groups is 1. The summed E-state index contributed by atoms with van der Waals surface area (Å²) in [5.74, 6) is -0.792. The number of carboxylic acid groups (broad SMARTS) is 1. The van der Waals surface area contributed by atoms with Gasteiger partial charge in [0.25, 0.3) is 0 Å². The molecule has 0 bridgehead atoms. The minimum absolute atomic E-state index is 0.512. The normalized spacial score (nSPS) is 11.6. The molecule has 0 atom stereocenters. The molecule has 0 aliphatic heterocycles. The molecular weight excluding hydrogens is 116 g/mol. The molecule has 0 fully saturated rings. The zero-order valence-corrected chi connectivity index (χ0v) is 5.85. The van der Waals surface area contributed by atoms with Gasteiger partial charge in [-0.2, -0.15) is 0 Å². The van der Waals surface area contributed by atoms with Crippen LogP contribution in [0.3, 0.4) is 0 Å². The Morgan fingerprint density at radius 3 is 2.22 bits per heavy atom. The molecule has 0 rings (SSSR count). The first-order valence-electron chi connectivity index (χ1n) is 3.14. The lowest BCUT2D eigenvalue weighted by Crippen LogP contribution is -1.98. The van der Waals surface area contributed by atoms with Crippen molar-refractivity contribution in [2.24, 2.45) is 0 Å². The van der Waals surface area contributed by atoms with Crippen LogP contribution in [0.1, 0.15) is 26.7 Å². The topological polar surface area (TPSA) is 37.3 Å². The maximum atomic E-state index is 10.3. The molecule has 52 valence electrons. The number of hydrogen-bond acceptors (Lipinski definition) is 1. The van der Waals surface area contributed by atoms with Crippen molar-refractivity contribution >= 4 is 5.97 Å². The van der Waals surface area contributed by atoms with Crippen LogP contribution in [-0.4, -0.2) is 11.1 Å². The first kappa shape index (κ1) is 8.21. The van der Waals surface area contributed by atoms with Crippen LogP contribution >= 0.6 is 0 Å². The quantitative estimate of drug-likeness (QED) is 0.588. The average Bonchev–Trinajstić information content (AvgIpc) is 1.82. The molecule has 0 amide bonds. The second-order valence-corrected chi connectivity index (χ2v) is 1.80. The van der Waals surface area contributed by atoms with Crippen LogP contribution in [-0.2, 0) is 4.79 Å². The number of allylic oxidation sites excluding steroid dienone is 1. The number of carboxylic acids is 1. The Hall–Kier alpha value is -0.790. The lowest BCUT2D eigenvalue weighted by atomic mass is 10.2. The highest BCUT2D eigenvalue weighted by Gasteiger charge is 2.00. The van der Waals surface area contributed by atoms with Gasteiger partial charge in [-0.25, -0.2) is 4.79 Å². The Balaban J connectivity index is 3.98. The van der Waals surface area contributed by atoms with E-state index in [-0.39, 0.29) is 0 Å². The summed E-state index contributed by atoms with van der Waals surface area (Å²) >= 11 is 0. The van der Waals surface area contributed by atoms with Crippen LogP contribution in [0.25, 0.3) is 0 Å². The van der Waals surface area contributed by atoms with Crippen molar-refractivity contribution in [3.63, 3.8) is 0 Å². The van der Waals surface area contributed by atoms with E-state index in [1.807, 2.05) is 13.8 Å². The molecule has 9 heavy (non-hydrogen) atoms. The van der Waals surface area contributed by atoms with Gasteiger partial charge in [-0.15, -0.1) is 0 Å². The fourth-order valence-corrected chi connectivity index (χ4v) is 0.629. The van der Waals surface area contributed by atoms with Gasteiger partial charge in [0.05, 0.1) is 0 Å². The summed E-state index contributed by atoms with van der Waals surface area (Å²) in [6.07, 6.45) is 3.15. The first-order valence-corrected chi connectivity index (χ1v) is 3.14. The van der Waals surface area contributed by atoms with Crippen molar-refractivity contribution in [3.05, 3.63) is 11.6 Å². The van der Waals surface area contributed by atoms with Gasteiger partial charge in [0, 0.05) is 5.57 Å². The summed E-state index contributed by atoms with van der Waals surface area (Å²) in [6.45, 7) is 3.77. The highest BCUT2D eigenvalue weighted by Crippen LogP contribution is 2.00. The van der Waals surface area contributed by atoms with Gasteiger partial charge in [0.1, 0.15) is 0 Å². The van der Waals surface area contributed by atoms with Crippen LogP contribution in [0, 0.1) is 0 Å². The second kappa shape index (κ2) is 4.13. The molecule has 1 N–H and O–H groups in total. The highest BCUT2D eigenvalue weighted by atomic mass is 16.4. The molecular formula is C7H12O2. The van der Waals surface area contributed by atoms with E-state index in [1.165, 1.54) is 0 Å². The standard InChI is InChI=1S/C7H12O2/c1-3-5-6(4-2)7(8)9/h5H,3-4H2,1-2H3,(H,8,9). The smallest absolute Gasteiger partial charge is 0.331 e. The second-order valence-electron chi connectivity index (χ2n) is 1.80. The van der Waals surface area contributed by atoms with Gasteiger partial charge in [-0.05, 0) is 12.8 Å². The Morgan fingerprint density at radius 2 is 2.11 bits per heavy atom. The molecule has 0 aromatic heterocycles. The molecule has 2 nitrogen and oxygen atoms in total. The van der Waals surface area contributed by atoms with Gasteiger partial charge in [-0.1, -0.05) is 19.9 Å². The predicted molar refractivity (Wildman–Crippen MR) is 36.3 cm³/mol. The minimum atomic E-state index is -0.792. The molecule has 0 unspecified atom stereocenters. The summed E-state index contributed by atoms with van der Waals surface area (Å²) < 4.78 is 0. The van der Waals surface area contributed by atoms with E-state index in [2.05, 4.69) is 0 Å². The lowest BCUT2D eigenvalue weighted by Gasteiger charge is -1.93. The third kappa shape index (κ3) is 2.90. The average molecular weight is 128 g/mol. The summed E-state index contributed by atoms with van der Waals surface area (Å²) in [6, 6.07) is 0. The van der Waals surface area contributed by atoms with Crippen molar-refractivity contribution in [2.75, 3.05) is 0 Å². The van der Waals surface area contributed by atoms with Crippen molar-refractivity contribution in [3.8, 4) is 0 Å². The van der Waals surface area contributed by atoms with E-state index in [0.717, 1.165) is 6.42 Å². The molecule has 0 aromatic carbocycles. The largest absolute Gasteiger partial charge is 0.478 e. The number of aliphatic carboxylic acids is 1. The molecule has 0 spiro atoms. The highest BCUT2D eigenvalue weighted by molar-refractivity contribution is 5.86. The van der Waals surface area contributed by atoms with Crippen LogP contribution in [0.15, 0.2) is 11.6 Å². The number of hydrogen-bond donors (Lipinski definition) is 1. The first-order chi connectivity index (χ1) is 4.22. The summed E-state index contributed by atoms with van der Waals surface area (Å²) in [5.41, 5.74) is 0.512. The molecule has 0 saturated carbocycles. The summed E-state index contributed by atoms with van der Waals surface area (Å²) in [7, 11) is 0. The van der Waals surface area contributed by atoms with Gasteiger partial charge in [-0.3, -0.25) is 0 Å². The third-order valence-corrected chi connectivity index (χ3v) is 1.11. The molecule has 0 radical (unpaired) electrons. The van der Waals surface area contributed by atoms with E-state index < -0.39 is 5.97 Å². The Kier molecular flexibility index (Phi) is 3.76. The maximum absolute atomic E-state index is 10.3. The van der Waals surface area contributed by atoms with Crippen molar-refractivity contribution in [2.45, 2.75) is 26.7 Å². The molecule has 0 aliphatic carbocycles. The third-order valence-electron chi connectivity index (χ3n) is 1.11. The predicted octanol–water partition coefficient (Wildman–Crippen LogP) is 1.82. The van der Waals surface area contributed by atoms with Crippen LogP contribution < -0.4 is 0 Å². The number of rotatable bonds is 3. The Bertz CT molecular complexity index is 125. The fraction of sp³-hybridized carbons (Fsp3) is 0.571. The molecule has 0 aliphatic rings. The maximum Gasteiger partial charge on any atom is 0.331 e. The summed E-state index contributed by atoms with van der Waals surface area (Å²) in [5, 5.41) is 8.44. The fourth-order valence-electron chi connectivity index (χ4n) is 0.629.